The molecule has 0 aromatic carbocycles. The number of nitrogens with zero attached hydrogens (tertiary/aromatic N) is 3. The van der Waals surface area contributed by atoms with Gasteiger partial charge in [0.25, 0.3) is 0 Å². The molecule has 1 aromatic rings. The van der Waals surface area contributed by atoms with Gasteiger partial charge in [-0.3, -0.25) is 9.67 Å². The molecule has 0 spiro atoms. The van der Waals surface area contributed by atoms with Crippen molar-refractivity contribution in [3.05, 3.63) is 17.0 Å². The summed E-state index contributed by atoms with van der Waals surface area (Å²) in [6.45, 7) is 6.09. The molecule has 21 heavy (non-hydrogen) atoms. The van der Waals surface area contributed by atoms with Crippen LogP contribution in [0.15, 0.2) is 4.99 Å². The smallest absolute Gasteiger partial charge is 0.191 e. The molecule has 2 N–H and O–H groups in total. The molecular weight excluding hydrogens is 282 g/mol. The molecule has 2 rings (SSSR count). The fourth-order valence-electron chi connectivity index (χ4n) is 2.72. The topological polar surface area (TPSA) is 54.2 Å². The Balaban J connectivity index is 1.75. The summed E-state index contributed by atoms with van der Waals surface area (Å²) in [5, 5.41) is 12.0. The molecule has 5 nitrogen and oxygen atoms in total. The molecule has 0 bridgehead atoms. The maximum absolute atomic E-state index is 4.46. The van der Waals surface area contributed by atoms with Gasteiger partial charge in [-0.2, -0.15) is 16.9 Å². The second-order valence-electron chi connectivity index (χ2n) is 5.54. The van der Waals surface area contributed by atoms with E-state index >= 15 is 0 Å². The fourth-order valence-corrected chi connectivity index (χ4v) is 3.92. The molecule has 1 aliphatic rings. The molecule has 0 radical (unpaired) electrons. The molecule has 1 aliphatic heterocycles. The van der Waals surface area contributed by atoms with E-state index in [4.69, 9.17) is 0 Å². The van der Waals surface area contributed by atoms with Gasteiger partial charge in [-0.25, -0.2) is 0 Å². The molecule has 1 atom stereocenters. The Morgan fingerprint density at radius 1 is 1.43 bits per heavy atom. The van der Waals surface area contributed by atoms with E-state index in [0.717, 1.165) is 36.4 Å². The van der Waals surface area contributed by atoms with Crippen LogP contribution in [0.25, 0.3) is 0 Å². The minimum atomic E-state index is 0.742. The Labute approximate surface area is 132 Å². The Hall–Kier alpha value is -1.17. The molecule has 0 amide bonds. The van der Waals surface area contributed by atoms with Crippen LogP contribution in [0.4, 0.5) is 0 Å². The van der Waals surface area contributed by atoms with Crippen LogP contribution in [-0.4, -0.2) is 46.9 Å². The summed E-state index contributed by atoms with van der Waals surface area (Å²) in [6, 6.07) is 0. The number of aliphatic imine (C=N–C) groups is 1. The van der Waals surface area contributed by atoms with E-state index in [1.54, 1.807) is 0 Å². The number of nitrogens with one attached hydrogen (secondary N) is 2. The Kier molecular flexibility index (Phi) is 5.96. The Morgan fingerprint density at radius 3 is 2.81 bits per heavy atom. The van der Waals surface area contributed by atoms with E-state index in [9.17, 15) is 0 Å². The van der Waals surface area contributed by atoms with Crippen LogP contribution < -0.4 is 10.6 Å². The zero-order chi connectivity index (χ0) is 15.2. The second kappa shape index (κ2) is 7.73. The maximum Gasteiger partial charge on any atom is 0.191 e. The lowest BCUT2D eigenvalue weighted by Gasteiger charge is -2.14. The molecular formula is C15H27N5S. The Bertz CT molecular complexity index is 488. The zero-order valence-corrected chi connectivity index (χ0v) is 14.4. The van der Waals surface area contributed by atoms with Gasteiger partial charge in [0, 0.05) is 38.1 Å². The number of hydrogen-bond acceptors (Lipinski definition) is 3. The average Bonchev–Trinajstić information content (AvgIpc) is 3.06. The number of guanidine groups is 1. The first kappa shape index (κ1) is 16.2. The van der Waals surface area contributed by atoms with E-state index in [-0.39, 0.29) is 0 Å². The summed E-state index contributed by atoms with van der Waals surface area (Å²) in [4.78, 5) is 4.29. The van der Waals surface area contributed by atoms with E-state index in [2.05, 4.69) is 46.3 Å². The van der Waals surface area contributed by atoms with Gasteiger partial charge < -0.3 is 10.6 Å². The van der Waals surface area contributed by atoms with Crippen LogP contribution in [0, 0.1) is 13.8 Å². The fraction of sp³-hybridized carbons (Fsp3) is 0.733. The van der Waals surface area contributed by atoms with Crippen LogP contribution in [0.2, 0.25) is 0 Å². The van der Waals surface area contributed by atoms with Crippen molar-refractivity contribution in [2.45, 2.75) is 38.4 Å². The average molecular weight is 309 g/mol. The van der Waals surface area contributed by atoms with Gasteiger partial charge in [0.05, 0.1) is 5.69 Å². The Morgan fingerprint density at radius 2 is 2.24 bits per heavy atom. The highest BCUT2D eigenvalue weighted by Crippen LogP contribution is 2.25. The first-order valence-electron chi connectivity index (χ1n) is 7.67. The van der Waals surface area contributed by atoms with Crippen molar-refractivity contribution in [3.8, 4) is 0 Å². The van der Waals surface area contributed by atoms with Crippen LogP contribution in [0.5, 0.6) is 0 Å². The van der Waals surface area contributed by atoms with Crippen LogP contribution in [-0.2, 0) is 13.5 Å². The van der Waals surface area contributed by atoms with Gasteiger partial charge in [-0.05, 0) is 44.4 Å². The number of aromatic nitrogens is 2. The zero-order valence-electron chi connectivity index (χ0n) is 13.6. The molecule has 6 heteroatoms. The molecule has 1 fully saturated rings. The van der Waals surface area contributed by atoms with Gasteiger partial charge in [0.15, 0.2) is 5.96 Å². The lowest BCUT2D eigenvalue weighted by molar-refractivity contribution is 0.721. The number of hydrogen-bond donors (Lipinski definition) is 2. The summed E-state index contributed by atoms with van der Waals surface area (Å²) in [7, 11) is 3.83. The van der Waals surface area contributed by atoms with Gasteiger partial charge >= 0.3 is 0 Å². The first-order valence-corrected chi connectivity index (χ1v) is 8.72. The van der Waals surface area contributed by atoms with Crippen molar-refractivity contribution in [2.24, 2.45) is 12.0 Å². The van der Waals surface area contributed by atoms with Crippen molar-refractivity contribution >= 4 is 17.7 Å². The highest BCUT2D eigenvalue weighted by molar-refractivity contribution is 8.00. The minimum absolute atomic E-state index is 0.742. The van der Waals surface area contributed by atoms with E-state index < -0.39 is 0 Å². The van der Waals surface area contributed by atoms with E-state index in [0.29, 0.717) is 0 Å². The number of rotatable bonds is 5. The molecule has 2 heterocycles. The third-order valence-electron chi connectivity index (χ3n) is 4.07. The van der Waals surface area contributed by atoms with Gasteiger partial charge in [0.1, 0.15) is 0 Å². The summed E-state index contributed by atoms with van der Waals surface area (Å²) < 4.78 is 1.95. The molecule has 1 aromatic heterocycles. The monoisotopic (exact) mass is 309 g/mol. The third-order valence-corrected chi connectivity index (χ3v) is 5.47. The molecule has 0 saturated carbocycles. The first-order chi connectivity index (χ1) is 10.1. The maximum atomic E-state index is 4.46. The van der Waals surface area contributed by atoms with Crippen molar-refractivity contribution in [1.29, 1.82) is 0 Å². The third kappa shape index (κ3) is 4.40. The normalized spacial score (nSPS) is 19.0. The lowest BCUT2D eigenvalue weighted by Crippen LogP contribution is -2.41. The van der Waals surface area contributed by atoms with Gasteiger partial charge in [-0.15, -0.1) is 0 Å². The molecule has 1 unspecified atom stereocenters. The summed E-state index contributed by atoms with van der Waals surface area (Å²) in [5.74, 6) is 2.21. The number of thioether (sulfide) groups is 1. The van der Waals surface area contributed by atoms with Crippen LogP contribution in [0.1, 0.15) is 29.8 Å². The van der Waals surface area contributed by atoms with Crippen molar-refractivity contribution in [2.75, 3.05) is 25.9 Å². The standard InChI is InChI=1S/C15H27N5S/c1-11-14(12(2)20(4)19-11)7-8-17-15(16-3)18-10-13-6-5-9-21-13/h13H,5-10H2,1-4H3,(H2,16,17,18). The molecule has 118 valence electrons. The predicted molar refractivity (Wildman–Crippen MR) is 91.2 cm³/mol. The van der Waals surface area contributed by atoms with Crippen molar-refractivity contribution in [3.63, 3.8) is 0 Å². The van der Waals surface area contributed by atoms with E-state index in [1.807, 2.05) is 18.8 Å². The highest BCUT2D eigenvalue weighted by atomic mass is 32.2. The quantitative estimate of drug-likeness (QED) is 0.641. The van der Waals surface area contributed by atoms with E-state index in [1.165, 1.54) is 29.9 Å². The van der Waals surface area contributed by atoms with Crippen LogP contribution in [0.3, 0.4) is 0 Å². The minimum Gasteiger partial charge on any atom is -0.356 e. The highest BCUT2D eigenvalue weighted by Gasteiger charge is 2.15. The summed E-state index contributed by atoms with van der Waals surface area (Å²) in [6.07, 6.45) is 3.65. The summed E-state index contributed by atoms with van der Waals surface area (Å²) in [5.41, 5.74) is 3.72. The largest absolute Gasteiger partial charge is 0.356 e. The van der Waals surface area contributed by atoms with Crippen LogP contribution >= 0.6 is 11.8 Å². The molecule has 1 saturated heterocycles. The van der Waals surface area contributed by atoms with Gasteiger partial charge in [-0.1, -0.05) is 0 Å². The number of aryl methyl sites for hydroxylation is 2. The predicted octanol–water partition coefficient (Wildman–Crippen LogP) is 1.64. The SMILES string of the molecule is CN=C(NCCc1c(C)nn(C)c1C)NCC1CCCS1. The van der Waals surface area contributed by atoms with Gasteiger partial charge in [0.2, 0.25) is 0 Å². The molecule has 0 aliphatic carbocycles. The van der Waals surface area contributed by atoms with Crippen molar-refractivity contribution in [1.82, 2.24) is 20.4 Å². The summed E-state index contributed by atoms with van der Waals surface area (Å²) >= 11 is 2.07. The second-order valence-corrected chi connectivity index (χ2v) is 6.95. The lowest BCUT2D eigenvalue weighted by atomic mass is 10.1. The van der Waals surface area contributed by atoms with Crippen molar-refractivity contribution < 1.29 is 0 Å².